The number of benzene rings is 1. The Morgan fingerprint density at radius 2 is 2.00 bits per heavy atom. The molecular formula is C14H22ClFN2O. The van der Waals surface area contributed by atoms with E-state index in [0.717, 1.165) is 5.56 Å². The van der Waals surface area contributed by atoms with E-state index in [0.29, 0.717) is 12.1 Å². The molecule has 1 rings (SSSR count). The monoisotopic (exact) mass is 288 g/mol. The van der Waals surface area contributed by atoms with E-state index in [1.165, 1.54) is 6.07 Å². The molecular weight excluding hydrogens is 267 g/mol. The number of hydrogen-bond donors (Lipinski definition) is 2. The second-order valence-corrected chi connectivity index (χ2v) is 5.65. The fourth-order valence-electron chi connectivity index (χ4n) is 1.44. The third-order valence-electron chi connectivity index (χ3n) is 2.92. The van der Waals surface area contributed by atoms with Crippen LogP contribution < -0.4 is 11.1 Å². The van der Waals surface area contributed by atoms with Crippen molar-refractivity contribution in [2.45, 2.75) is 40.3 Å². The van der Waals surface area contributed by atoms with Crippen molar-refractivity contribution in [2.75, 3.05) is 0 Å². The molecule has 0 aliphatic carbocycles. The van der Waals surface area contributed by atoms with E-state index in [9.17, 15) is 9.18 Å². The van der Waals surface area contributed by atoms with Gasteiger partial charge in [-0.15, -0.1) is 12.4 Å². The highest BCUT2D eigenvalue weighted by Crippen LogP contribution is 2.17. The van der Waals surface area contributed by atoms with Crippen LogP contribution in [-0.2, 0) is 11.3 Å². The summed E-state index contributed by atoms with van der Waals surface area (Å²) in [4.78, 5) is 11.8. The molecule has 0 aliphatic rings. The lowest BCUT2D eigenvalue weighted by atomic mass is 9.87. The highest BCUT2D eigenvalue weighted by molar-refractivity contribution is 5.85. The SMILES string of the molecule is Cc1ccc(CNC(=O)[C@@H](N)C(C)(C)C)cc1F.Cl. The van der Waals surface area contributed by atoms with Crippen molar-refractivity contribution in [1.82, 2.24) is 5.32 Å². The Kier molecular flexibility index (Phi) is 6.46. The lowest BCUT2D eigenvalue weighted by molar-refractivity contribution is -0.124. The fraction of sp³-hybridized carbons (Fsp3) is 0.500. The van der Waals surface area contributed by atoms with Crippen molar-refractivity contribution in [2.24, 2.45) is 11.1 Å². The predicted molar refractivity (Wildman–Crippen MR) is 77.7 cm³/mol. The highest BCUT2D eigenvalue weighted by Gasteiger charge is 2.27. The lowest BCUT2D eigenvalue weighted by Crippen LogP contribution is -2.48. The van der Waals surface area contributed by atoms with Crippen LogP contribution in [-0.4, -0.2) is 11.9 Å². The first-order valence-corrected chi connectivity index (χ1v) is 6.00. The number of carbonyl (C=O) groups excluding carboxylic acids is 1. The van der Waals surface area contributed by atoms with Crippen molar-refractivity contribution in [1.29, 1.82) is 0 Å². The number of nitrogens with one attached hydrogen (secondary N) is 1. The zero-order valence-corrected chi connectivity index (χ0v) is 12.6. The molecule has 1 amide bonds. The molecule has 0 saturated carbocycles. The Morgan fingerprint density at radius 1 is 1.42 bits per heavy atom. The summed E-state index contributed by atoms with van der Waals surface area (Å²) in [5, 5.41) is 2.72. The summed E-state index contributed by atoms with van der Waals surface area (Å²) >= 11 is 0. The van der Waals surface area contributed by atoms with Gasteiger partial charge in [-0.05, 0) is 29.5 Å². The highest BCUT2D eigenvalue weighted by atomic mass is 35.5. The Bertz CT molecular complexity index is 444. The molecule has 0 heterocycles. The van der Waals surface area contributed by atoms with Crippen LogP contribution in [0, 0.1) is 18.2 Å². The molecule has 3 nitrogen and oxygen atoms in total. The molecule has 0 aromatic heterocycles. The summed E-state index contributed by atoms with van der Waals surface area (Å²) < 4.78 is 13.3. The van der Waals surface area contributed by atoms with Crippen molar-refractivity contribution in [3.8, 4) is 0 Å². The molecule has 0 spiro atoms. The van der Waals surface area contributed by atoms with Crippen molar-refractivity contribution in [3.05, 3.63) is 35.1 Å². The molecule has 0 radical (unpaired) electrons. The minimum atomic E-state index is -0.576. The minimum absolute atomic E-state index is 0. The molecule has 1 atom stereocenters. The van der Waals surface area contributed by atoms with Gasteiger partial charge in [0.25, 0.3) is 0 Å². The third kappa shape index (κ3) is 5.17. The molecule has 0 bridgehead atoms. The first kappa shape index (κ1) is 17.9. The van der Waals surface area contributed by atoms with Crippen LogP contribution >= 0.6 is 12.4 Å². The van der Waals surface area contributed by atoms with E-state index in [2.05, 4.69) is 5.32 Å². The molecule has 19 heavy (non-hydrogen) atoms. The summed E-state index contributed by atoms with van der Waals surface area (Å²) in [7, 11) is 0. The quantitative estimate of drug-likeness (QED) is 0.898. The molecule has 0 fully saturated rings. The summed E-state index contributed by atoms with van der Waals surface area (Å²) in [6.45, 7) is 7.71. The minimum Gasteiger partial charge on any atom is -0.351 e. The van der Waals surface area contributed by atoms with Gasteiger partial charge in [-0.25, -0.2) is 4.39 Å². The molecule has 0 unspecified atom stereocenters. The summed E-state index contributed by atoms with van der Waals surface area (Å²) in [5.41, 5.74) is 6.86. The average Bonchev–Trinajstić information content (AvgIpc) is 2.28. The van der Waals surface area contributed by atoms with Gasteiger partial charge in [0, 0.05) is 6.54 Å². The smallest absolute Gasteiger partial charge is 0.237 e. The Morgan fingerprint density at radius 3 is 2.47 bits per heavy atom. The van der Waals surface area contributed by atoms with Crippen LogP contribution in [0.2, 0.25) is 0 Å². The lowest BCUT2D eigenvalue weighted by Gasteiger charge is -2.25. The van der Waals surface area contributed by atoms with E-state index < -0.39 is 6.04 Å². The average molecular weight is 289 g/mol. The van der Waals surface area contributed by atoms with E-state index in [1.54, 1.807) is 19.1 Å². The number of amides is 1. The van der Waals surface area contributed by atoms with Gasteiger partial charge in [0.05, 0.1) is 6.04 Å². The van der Waals surface area contributed by atoms with Crippen LogP contribution in [0.15, 0.2) is 18.2 Å². The maximum atomic E-state index is 13.3. The first-order chi connectivity index (χ1) is 8.21. The zero-order valence-electron chi connectivity index (χ0n) is 11.8. The predicted octanol–water partition coefficient (Wildman–Crippen LogP) is 2.55. The Labute approximate surface area is 120 Å². The van der Waals surface area contributed by atoms with Crippen LogP contribution in [0.1, 0.15) is 31.9 Å². The zero-order chi connectivity index (χ0) is 13.9. The summed E-state index contributed by atoms with van der Waals surface area (Å²) in [6.07, 6.45) is 0. The van der Waals surface area contributed by atoms with Gasteiger partial charge in [0.15, 0.2) is 0 Å². The molecule has 0 aliphatic heterocycles. The molecule has 3 N–H and O–H groups in total. The molecule has 0 saturated heterocycles. The van der Waals surface area contributed by atoms with Gasteiger partial charge in [-0.1, -0.05) is 32.9 Å². The van der Waals surface area contributed by atoms with E-state index in [4.69, 9.17) is 5.73 Å². The van der Waals surface area contributed by atoms with Gasteiger partial charge in [-0.2, -0.15) is 0 Å². The number of halogens is 2. The van der Waals surface area contributed by atoms with Crippen LogP contribution in [0.3, 0.4) is 0 Å². The number of carbonyl (C=O) groups is 1. The molecule has 1 aromatic rings. The number of aryl methyl sites for hydroxylation is 1. The summed E-state index contributed by atoms with van der Waals surface area (Å²) in [5.74, 6) is -0.481. The topological polar surface area (TPSA) is 55.1 Å². The van der Waals surface area contributed by atoms with Crippen molar-refractivity contribution in [3.63, 3.8) is 0 Å². The summed E-state index contributed by atoms with van der Waals surface area (Å²) in [6, 6.07) is 4.34. The number of rotatable bonds is 3. The molecule has 1 aromatic carbocycles. The molecule has 5 heteroatoms. The van der Waals surface area contributed by atoms with E-state index in [1.807, 2.05) is 20.8 Å². The van der Waals surface area contributed by atoms with Crippen LogP contribution in [0.25, 0.3) is 0 Å². The second kappa shape index (κ2) is 6.87. The van der Waals surface area contributed by atoms with Crippen LogP contribution in [0.4, 0.5) is 4.39 Å². The van der Waals surface area contributed by atoms with Gasteiger partial charge in [0.2, 0.25) is 5.91 Å². The normalized spacial score (nSPS) is 12.5. The van der Waals surface area contributed by atoms with Crippen molar-refractivity contribution < 1.29 is 9.18 Å². The van der Waals surface area contributed by atoms with Gasteiger partial charge >= 0.3 is 0 Å². The first-order valence-electron chi connectivity index (χ1n) is 6.00. The van der Waals surface area contributed by atoms with Gasteiger partial charge < -0.3 is 11.1 Å². The second-order valence-electron chi connectivity index (χ2n) is 5.65. The standard InChI is InChI=1S/C14H21FN2O.ClH/c1-9-5-6-10(7-11(9)15)8-17-13(18)12(16)14(2,3)4;/h5-7,12H,8,16H2,1-4H3,(H,17,18);1H/t12-;/m1./s1. The number of nitrogens with two attached hydrogens (primary N) is 1. The van der Waals surface area contributed by atoms with Crippen LogP contribution in [0.5, 0.6) is 0 Å². The maximum Gasteiger partial charge on any atom is 0.237 e. The maximum absolute atomic E-state index is 13.3. The molecule has 108 valence electrons. The fourth-order valence-corrected chi connectivity index (χ4v) is 1.44. The van der Waals surface area contributed by atoms with Crippen molar-refractivity contribution >= 4 is 18.3 Å². The number of hydrogen-bond acceptors (Lipinski definition) is 2. The Balaban J connectivity index is 0.00000324. The van der Waals surface area contributed by atoms with E-state index >= 15 is 0 Å². The van der Waals surface area contributed by atoms with E-state index in [-0.39, 0.29) is 29.5 Å². The van der Waals surface area contributed by atoms with Gasteiger partial charge in [0.1, 0.15) is 5.82 Å². The van der Waals surface area contributed by atoms with Gasteiger partial charge in [-0.3, -0.25) is 4.79 Å². The third-order valence-corrected chi connectivity index (χ3v) is 2.92. The Hall–Kier alpha value is -1.13. The largest absolute Gasteiger partial charge is 0.351 e.